The molecule has 108 valence electrons. The minimum Gasteiger partial charge on any atom is -0.480 e. The van der Waals surface area contributed by atoms with Crippen molar-refractivity contribution in [1.29, 1.82) is 0 Å². The fourth-order valence-corrected chi connectivity index (χ4v) is 1.99. The van der Waals surface area contributed by atoms with Gasteiger partial charge < -0.3 is 10.4 Å². The van der Waals surface area contributed by atoms with Crippen molar-refractivity contribution >= 4 is 11.9 Å². The second-order valence-corrected chi connectivity index (χ2v) is 4.90. The van der Waals surface area contributed by atoms with Gasteiger partial charge in [-0.1, -0.05) is 18.2 Å². The van der Waals surface area contributed by atoms with Crippen molar-refractivity contribution in [2.24, 2.45) is 5.92 Å². The number of carboxylic acid groups (broad SMARTS) is 1. The van der Waals surface area contributed by atoms with E-state index in [-0.39, 0.29) is 30.7 Å². The maximum atomic E-state index is 13.3. The summed E-state index contributed by atoms with van der Waals surface area (Å²) >= 11 is 0. The number of benzene rings is 1. The Hall–Kier alpha value is -1.95. The third-order valence-electron chi connectivity index (χ3n) is 3.28. The van der Waals surface area contributed by atoms with Gasteiger partial charge in [0.15, 0.2) is 0 Å². The predicted octanol–water partition coefficient (Wildman–Crippen LogP) is 0.895. The van der Waals surface area contributed by atoms with Crippen molar-refractivity contribution in [3.63, 3.8) is 0 Å². The number of halogens is 1. The molecule has 2 rings (SSSR count). The summed E-state index contributed by atoms with van der Waals surface area (Å²) in [6, 6.07) is 5.51. The Morgan fingerprint density at radius 3 is 2.65 bits per heavy atom. The number of amides is 1. The molecule has 3 N–H and O–H groups in total. The average Bonchev–Trinajstić information content (AvgIpc) is 3.22. The van der Waals surface area contributed by atoms with Crippen molar-refractivity contribution in [3.8, 4) is 0 Å². The predicted molar refractivity (Wildman–Crippen MR) is 70.4 cm³/mol. The molecule has 1 saturated carbocycles. The highest BCUT2D eigenvalue weighted by Gasteiger charge is 2.36. The average molecular weight is 280 g/mol. The number of carbonyl (C=O) groups excluding carboxylic acids is 1. The second-order valence-electron chi connectivity index (χ2n) is 4.90. The third kappa shape index (κ3) is 4.03. The first-order valence-corrected chi connectivity index (χ1v) is 6.54. The normalized spacial score (nSPS) is 15.7. The summed E-state index contributed by atoms with van der Waals surface area (Å²) in [4.78, 5) is 22.6. The van der Waals surface area contributed by atoms with Crippen LogP contribution in [0.15, 0.2) is 24.3 Å². The molecule has 0 spiro atoms. The molecule has 1 unspecified atom stereocenters. The van der Waals surface area contributed by atoms with E-state index in [0.29, 0.717) is 5.56 Å². The maximum absolute atomic E-state index is 13.3. The molecule has 0 heterocycles. The third-order valence-corrected chi connectivity index (χ3v) is 3.28. The monoisotopic (exact) mass is 280 g/mol. The van der Waals surface area contributed by atoms with Crippen molar-refractivity contribution < 1.29 is 19.1 Å². The molecule has 0 aromatic heterocycles. The van der Waals surface area contributed by atoms with E-state index in [1.165, 1.54) is 6.07 Å². The lowest BCUT2D eigenvalue weighted by molar-refractivity contribution is -0.140. The number of rotatable bonds is 7. The van der Waals surface area contributed by atoms with Crippen LogP contribution >= 0.6 is 0 Å². The zero-order valence-corrected chi connectivity index (χ0v) is 10.9. The largest absolute Gasteiger partial charge is 0.480 e. The van der Waals surface area contributed by atoms with Gasteiger partial charge in [-0.15, -0.1) is 0 Å². The van der Waals surface area contributed by atoms with Crippen LogP contribution < -0.4 is 10.6 Å². The van der Waals surface area contributed by atoms with Crippen LogP contribution in [0, 0.1) is 11.7 Å². The Morgan fingerprint density at radius 2 is 2.05 bits per heavy atom. The summed E-state index contributed by atoms with van der Waals surface area (Å²) in [5.74, 6) is -1.54. The van der Waals surface area contributed by atoms with E-state index in [9.17, 15) is 14.0 Å². The lowest BCUT2D eigenvalue weighted by Gasteiger charge is -2.13. The molecule has 1 aliphatic rings. The Balaban J connectivity index is 1.75. The standard InChI is InChI=1S/C14H17FN2O3/c15-11-4-2-1-3-10(11)7-16-12(18)8-17-13(14(19)20)9-5-6-9/h1-4,9,13,17H,5-8H2,(H,16,18)(H,19,20). The number of carboxylic acids is 1. The molecule has 0 radical (unpaired) electrons. The van der Waals surface area contributed by atoms with Gasteiger partial charge in [-0.05, 0) is 24.8 Å². The van der Waals surface area contributed by atoms with E-state index >= 15 is 0 Å². The van der Waals surface area contributed by atoms with E-state index in [0.717, 1.165) is 12.8 Å². The zero-order valence-electron chi connectivity index (χ0n) is 10.9. The summed E-state index contributed by atoms with van der Waals surface area (Å²) in [5.41, 5.74) is 0.401. The Bertz CT molecular complexity index is 503. The number of hydrogen-bond donors (Lipinski definition) is 3. The SMILES string of the molecule is O=C(CNC(C(=O)O)C1CC1)NCc1ccccc1F. The minimum absolute atomic E-state index is 0.0814. The number of aliphatic carboxylic acids is 1. The molecular formula is C14H17FN2O3. The molecule has 1 aromatic rings. The minimum atomic E-state index is -0.936. The van der Waals surface area contributed by atoms with Gasteiger partial charge in [-0.3, -0.25) is 14.9 Å². The molecule has 1 aliphatic carbocycles. The van der Waals surface area contributed by atoms with Gasteiger partial charge >= 0.3 is 5.97 Å². The summed E-state index contributed by atoms with van der Waals surface area (Å²) in [6.07, 6.45) is 1.75. The van der Waals surface area contributed by atoms with Gasteiger partial charge in [0, 0.05) is 12.1 Å². The second kappa shape index (κ2) is 6.47. The molecule has 6 heteroatoms. The van der Waals surface area contributed by atoms with Crippen LogP contribution in [0.2, 0.25) is 0 Å². The van der Waals surface area contributed by atoms with Gasteiger partial charge in [-0.25, -0.2) is 4.39 Å². The Kier molecular flexibility index (Phi) is 4.68. The summed E-state index contributed by atoms with van der Waals surface area (Å²) < 4.78 is 13.3. The highest BCUT2D eigenvalue weighted by Crippen LogP contribution is 2.32. The first-order chi connectivity index (χ1) is 9.58. The van der Waals surface area contributed by atoms with E-state index in [4.69, 9.17) is 5.11 Å². The van der Waals surface area contributed by atoms with Crippen LogP contribution in [0.1, 0.15) is 18.4 Å². The van der Waals surface area contributed by atoms with Gasteiger partial charge in [0.1, 0.15) is 11.9 Å². The van der Waals surface area contributed by atoms with Crippen molar-refractivity contribution in [2.75, 3.05) is 6.54 Å². The molecule has 1 aromatic carbocycles. The van der Waals surface area contributed by atoms with E-state index < -0.39 is 12.0 Å². The van der Waals surface area contributed by atoms with Crippen LogP contribution in [0.25, 0.3) is 0 Å². The zero-order chi connectivity index (χ0) is 14.5. The lowest BCUT2D eigenvalue weighted by Crippen LogP contribution is -2.44. The molecule has 0 bridgehead atoms. The molecule has 1 amide bonds. The van der Waals surface area contributed by atoms with Crippen LogP contribution in [0.3, 0.4) is 0 Å². The van der Waals surface area contributed by atoms with E-state index in [1.807, 2.05) is 0 Å². The summed E-state index contributed by atoms with van der Waals surface area (Å²) in [5, 5.41) is 14.3. The van der Waals surface area contributed by atoms with Crippen LogP contribution in [0.5, 0.6) is 0 Å². The van der Waals surface area contributed by atoms with E-state index in [2.05, 4.69) is 10.6 Å². The quantitative estimate of drug-likeness (QED) is 0.693. The van der Waals surface area contributed by atoms with Crippen molar-refractivity contribution in [3.05, 3.63) is 35.6 Å². The molecule has 5 nitrogen and oxygen atoms in total. The maximum Gasteiger partial charge on any atom is 0.320 e. The van der Waals surface area contributed by atoms with Gasteiger partial charge in [0.05, 0.1) is 6.54 Å². The van der Waals surface area contributed by atoms with Crippen LogP contribution in [0.4, 0.5) is 4.39 Å². The van der Waals surface area contributed by atoms with Crippen molar-refractivity contribution in [2.45, 2.75) is 25.4 Å². The Morgan fingerprint density at radius 1 is 1.35 bits per heavy atom. The highest BCUT2D eigenvalue weighted by atomic mass is 19.1. The molecular weight excluding hydrogens is 263 g/mol. The smallest absolute Gasteiger partial charge is 0.320 e. The fraction of sp³-hybridized carbons (Fsp3) is 0.429. The Labute approximate surface area is 116 Å². The van der Waals surface area contributed by atoms with Crippen LogP contribution in [-0.2, 0) is 16.1 Å². The molecule has 1 fully saturated rings. The number of hydrogen-bond acceptors (Lipinski definition) is 3. The first-order valence-electron chi connectivity index (χ1n) is 6.54. The van der Waals surface area contributed by atoms with E-state index in [1.54, 1.807) is 18.2 Å². The topological polar surface area (TPSA) is 78.4 Å². The molecule has 1 atom stereocenters. The highest BCUT2D eigenvalue weighted by molar-refractivity contribution is 5.80. The first kappa shape index (κ1) is 14.5. The van der Waals surface area contributed by atoms with Crippen LogP contribution in [-0.4, -0.2) is 29.6 Å². The van der Waals surface area contributed by atoms with Gasteiger partial charge in [-0.2, -0.15) is 0 Å². The summed E-state index contributed by atoms with van der Waals surface area (Å²) in [6.45, 7) is 0.0102. The van der Waals surface area contributed by atoms with Crippen molar-refractivity contribution in [1.82, 2.24) is 10.6 Å². The molecule has 0 saturated heterocycles. The van der Waals surface area contributed by atoms with Gasteiger partial charge in [0.25, 0.3) is 0 Å². The lowest BCUT2D eigenvalue weighted by atomic mass is 10.2. The van der Waals surface area contributed by atoms with Gasteiger partial charge in [0.2, 0.25) is 5.91 Å². The molecule has 20 heavy (non-hydrogen) atoms. The number of nitrogens with one attached hydrogen (secondary N) is 2. The molecule has 0 aliphatic heterocycles. The summed E-state index contributed by atoms with van der Waals surface area (Å²) in [7, 11) is 0. The number of carbonyl (C=O) groups is 2. The fourth-order valence-electron chi connectivity index (χ4n) is 1.99.